The molecule has 1 amide bonds. The number of benzene rings is 2. The van der Waals surface area contributed by atoms with Gasteiger partial charge in [-0.05, 0) is 50.4 Å². The Morgan fingerprint density at radius 2 is 1.96 bits per heavy atom. The largest absolute Gasteiger partial charge is 0.462 e. The van der Waals surface area contributed by atoms with Crippen molar-refractivity contribution in [3.63, 3.8) is 0 Å². The standard InChI is InChI=1S/C36H41ClFN8O2Si/c1-42-13-4-8-26(42)23-48-36-40-29-21-44(30-10-3-7-24-6-2-9-28(37)34(24)30)15-12-27(29)35(41-36)45-16-17-46(31(22-45)32(49)18-39)33(47)11-5-14-43-19-25(38)20-43/h2-3,5-7,9-11,25-26,31-32H,4,8,12-17,19-23H2,1H3/b11-5+/t26-,31+,32-/m0/s1. The van der Waals surface area contributed by atoms with Gasteiger partial charge >= 0.3 is 6.01 Å². The molecular formula is C36H41ClFN8O2Si. The lowest BCUT2D eigenvalue weighted by Crippen LogP contribution is -2.57. The Balaban J connectivity index is 1.16. The summed E-state index contributed by atoms with van der Waals surface area (Å²) in [7, 11) is 5.73. The zero-order valence-corrected chi connectivity index (χ0v) is 29.5. The first-order valence-corrected chi connectivity index (χ1v) is 18.1. The monoisotopic (exact) mass is 699 g/mol. The summed E-state index contributed by atoms with van der Waals surface area (Å²) in [6.07, 6.45) is 5.49. The predicted molar refractivity (Wildman–Crippen MR) is 190 cm³/mol. The number of likely N-dealkylation sites (N-methyl/N-ethyl adjacent to an activating group) is 1. The molecule has 0 unspecified atom stereocenters. The van der Waals surface area contributed by atoms with Gasteiger partial charge in [-0.3, -0.25) is 9.69 Å². The van der Waals surface area contributed by atoms with Gasteiger partial charge in [-0.25, -0.2) is 4.39 Å². The van der Waals surface area contributed by atoms with Gasteiger partial charge in [0.05, 0.1) is 45.2 Å². The van der Waals surface area contributed by atoms with Gasteiger partial charge in [-0.2, -0.15) is 15.2 Å². The van der Waals surface area contributed by atoms with Crippen LogP contribution in [0.4, 0.5) is 15.9 Å². The van der Waals surface area contributed by atoms with E-state index in [-0.39, 0.29) is 5.91 Å². The number of carbonyl (C=O) groups excluding carboxylic acids is 1. The van der Waals surface area contributed by atoms with Crippen LogP contribution >= 0.6 is 11.6 Å². The Hall–Kier alpha value is -3.76. The summed E-state index contributed by atoms with van der Waals surface area (Å²) >= 11 is 6.73. The van der Waals surface area contributed by atoms with Crippen molar-refractivity contribution >= 4 is 50.0 Å². The van der Waals surface area contributed by atoms with Crippen LogP contribution in [-0.4, -0.2) is 125 Å². The van der Waals surface area contributed by atoms with Crippen LogP contribution in [0, 0.1) is 11.3 Å². The number of nitrogens with zero attached hydrogens (tertiary/aromatic N) is 8. The highest BCUT2D eigenvalue weighted by molar-refractivity contribution is 6.36. The molecule has 255 valence electrons. The maximum atomic E-state index is 13.4. The van der Waals surface area contributed by atoms with Crippen LogP contribution < -0.4 is 14.5 Å². The highest BCUT2D eigenvalue weighted by Crippen LogP contribution is 2.37. The van der Waals surface area contributed by atoms with Gasteiger partial charge in [-0.15, -0.1) is 0 Å². The second kappa shape index (κ2) is 14.6. The molecule has 1 aromatic heterocycles. The molecule has 7 rings (SSSR count). The van der Waals surface area contributed by atoms with Crippen molar-refractivity contribution in [3.8, 4) is 12.1 Å². The number of hydrogen-bond donors (Lipinski definition) is 0. The summed E-state index contributed by atoms with van der Waals surface area (Å²) in [5.74, 6) is 0.651. The highest BCUT2D eigenvalue weighted by atomic mass is 35.5. The molecule has 0 aliphatic carbocycles. The summed E-state index contributed by atoms with van der Waals surface area (Å²) in [5.41, 5.74) is 2.46. The van der Waals surface area contributed by atoms with Crippen LogP contribution in [0.1, 0.15) is 24.1 Å². The molecule has 3 aromatic rings. The van der Waals surface area contributed by atoms with Crippen molar-refractivity contribution in [2.75, 3.05) is 75.8 Å². The van der Waals surface area contributed by atoms with Crippen molar-refractivity contribution in [1.82, 2.24) is 24.7 Å². The summed E-state index contributed by atoms with van der Waals surface area (Å²) in [4.78, 5) is 33.9. The van der Waals surface area contributed by atoms with E-state index in [2.05, 4.69) is 62.3 Å². The number of halogens is 2. The number of carbonyl (C=O) groups is 1. The van der Waals surface area contributed by atoms with E-state index >= 15 is 0 Å². The summed E-state index contributed by atoms with van der Waals surface area (Å²) < 4.78 is 19.6. The van der Waals surface area contributed by atoms with Crippen molar-refractivity contribution in [2.24, 2.45) is 0 Å². The number of fused-ring (bicyclic) bond motifs is 2. The Morgan fingerprint density at radius 3 is 2.71 bits per heavy atom. The number of rotatable bonds is 9. The fourth-order valence-corrected chi connectivity index (χ4v) is 8.09. The molecule has 4 aliphatic heterocycles. The molecule has 3 atom stereocenters. The van der Waals surface area contributed by atoms with E-state index in [1.54, 1.807) is 17.1 Å². The minimum absolute atomic E-state index is 0.153. The van der Waals surface area contributed by atoms with Crippen LogP contribution in [0.2, 0.25) is 10.6 Å². The normalized spacial score (nSPS) is 22.7. The summed E-state index contributed by atoms with van der Waals surface area (Å²) in [6.45, 7) is 5.61. The number of likely N-dealkylation sites (tertiary alicyclic amines) is 2. The SMILES string of the molecule is CN1CCC[C@H]1COc1nc2c(c(N3CCN(C(=O)/C=C/CN4CC(F)C4)[C@@H]([C@@H]([Si])C#N)C3)n1)CCN(c1cccc3cccc(Cl)c13)C2. The Kier molecular flexibility index (Phi) is 10.1. The zero-order chi connectivity index (χ0) is 34.1. The van der Waals surface area contributed by atoms with Gasteiger partial charge in [0.2, 0.25) is 5.91 Å². The third kappa shape index (κ3) is 7.13. The van der Waals surface area contributed by atoms with E-state index in [0.717, 1.165) is 70.9 Å². The highest BCUT2D eigenvalue weighted by Gasteiger charge is 2.36. The van der Waals surface area contributed by atoms with Gasteiger partial charge in [0.25, 0.3) is 0 Å². The molecule has 0 N–H and O–H groups in total. The molecular weight excluding hydrogens is 659 g/mol. The molecule has 0 saturated carbocycles. The fraction of sp³-hybridized carbons (Fsp3) is 0.500. The quantitative estimate of drug-likeness (QED) is 0.243. The number of ether oxygens (including phenoxy) is 1. The Labute approximate surface area is 295 Å². The average Bonchev–Trinajstić information content (AvgIpc) is 3.52. The van der Waals surface area contributed by atoms with Crippen LogP contribution in [0.3, 0.4) is 0 Å². The van der Waals surface area contributed by atoms with Crippen LogP contribution in [0.25, 0.3) is 10.8 Å². The molecule has 0 spiro atoms. The second-order valence-electron chi connectivity index (χ2n) is 13.5. The maximum absolute atomic E-state index is 13.4. The van der Waals surface area contributed by atoms with E-state index in [1.165, 1.54) is 0 Å². The Bertz CT molecular complexity index is 1760. The van der Waals surface area contributed by atoms with E-state index in [4.69, 9.17) is 26.3 Å². The lowest BCUT2D eigenvalue weighted by molar-refractivity contribution is -0.128. The number of anilines is 2. The first-order valence-electron chi connectivity index (χ1n) is 17.1. The molecule has 3 radical (unpaired) electrons. The number of aromatic nitrogens is 2. The lowest BCUT2D eigenvalue weighted by Gasteiger charge is -2.44. The zero-order valence-electron chi connectivity index (χ0n) is 27.8. The van der Waals surface area contributed by atoms with Gasteiger partial charge in [0, 0.05) is 74.6 Å². The van der Waals surface area contributed by atoms with E-state index in [1.807, 2.05) is 17.0 Å². The number of nitriles is 1. The number of amides is 1. The van der Waals surface area contributed by atoms with Crippen molar-refractivity contribution in [3.05, 3.63) is 64.8 Å². The fourth-order valence-electron chi connectivity index (χ4n) is 7.52. The predicted octanol–water partition coefficient (Wildman–Crippen LogP) is 4.03. The minimum Gasteiger partial charge on any atom is -0.462 e. The van der Waals surface area contributed by atoms with Gasteiger partial charge in [0.15, 0.2) is 0 Å². The van der Waals surface area contributed by atoms with E-state index in [9.17, 15) is 14.4 Å². The van der Waals surface area contributed by atoms with Crippen LogP contribution in [0.5, 0.6) is 6.01 Å². The minimum atomic E-state index is -0.784. The summed E-state index contributed by atoms with van der Waals surface area (Å²) in [6, 6.07) is 14.8. The number of piperazine rings is 1. The third-order valence-corrected chi connectivity index (χ3v) is 11.2. The van der Waals surface area contributed by atoms with Crippen LogP contribution in [0.15, 0.2) is 48.6 Å². The van der Waals surface area contributed by atoms with Crippen molar-refractivity contribution in [1.29, 1.82) is 5.26 Å². The first-order chi connectivity index (χ1) is 23.8. The van der Waals surface area contributed by atoms with Gasteiger partial charge in [0.1, 0.15) is 18.6 Å². The molecule has 3 saturated heterocycles. The molecule has 5 heterocycles. The van der Waals surface area contributed by atoms with Crippen LogP contribution in [-0.2, 0) is 17.8 Å². The molecule has 10 nitrogen and oxygen atoms in total. The second-order valence-corrected chi connectivity index (χ2v) is 14.5. The van der Waals surface area contributed by atoms with Crippen molar-refractivity contribution < 1.29 is 13.9 Å². The average molecular weight is 700 g/mol. The topological polar surface area (TPSA) is 92.1 Å². The van der Waals surface area contributed by atoms with Crippen molar-refractivity contribution in [2.45, 2.75) is 49.6 Å². The maximum Gasteiger partial charge on any atom is 0.318 e. The summed E-state index contributed by atoms with van der Waals surface area (Å²) in [5, 5.41) is 12.8. The van der Waals surface area contributed by atoms with Gasteiger partial charge < -0.3 is 24.3 Å². The molecule has 3 fully saturated rings. The van der Waals surface area contributed by atoms with E-state index < -0.39 is 17.8 Å². The molecule has 49 heavy (non-hydrogen) atoms. The van der Waals surface area contributed by atoms with E-state index in [0.29, 0.717) is 64.5 Å². The van der Waals surface area contributed by atoms with Gasteiger partial charge in [-0.1, -0.05) is 41.9 Å². The molecule has 13 heteroatoms. The third-order valence-electron chi connectivity index (χ3n) is 10.3. The molecule has 0 bridgehead atoms. The molecule has 4 aliphatic rings. The first kappa shape index (κ1) is 33.7. The molecule has 2 aromatic carbocycles. The smallest absolute Gasteiger partial charge is 0.318 e. The number of alkyl halides is 1. The number of hydrogen-bond acceptors (Lipinski definition) is 9. The Morgan fingerprint density at radius 1 is 1.14 bits per heavy atom. The lowest BCUT2D eigenvalue weighted by atomic mass is 10.0.